The predicted octanol–water partition coefficient (Wildman–Crippen LogP) is 5.52. The van der Waals surface area contributed by atoms with Gasteiger partial charge in [-0.05, 0) is 46.7 Å². The maximum absolute atomic E-state index is 6.97. The minimum Gasteiger partial charge on any atom is -0.325 e. The lowest BCUT2D eigenvalue weighted by Gasteiger charge is -2.46. The minimum atomic E-state index is 0.0601. The molecular weight excluding hydrogens is 330 g/mol. The average Bonchev–Trinajstić information content (AvgIpc) is 2.85. The Kier molecular flexibility index (Phi) is 4.89. The van der Waals surface area contributed by atoms with Gasteiger partial charge in [-0.2, -0.15) is 0 Å². The lowest BCUT2D eigenvalue weighted by Crippen LogP contribution is -2.53. The summed E-state index contributed by atoms with van der Waals surface area (Å²) in [6.07, 6.45) is 13.6. The highest BCUT2D eigenvalue weighted by Crippen LogP contribution is 2.44. The lowest BCUT2D eigenvalue weighted by molar-refractivity contribution is 0.100. The van der Waals surface area contributed by atoms with Gasteiger partial charge in [0.25, 0.3) is 0 Å². The van der Waals surface area contributed by atoms with Gasteiger partial charge in [-0.25, -0.2) is 0 Å². The van der Waals surface area contributed by atoms with Crippen LogP contribution in [0.5, 0.6) is 0 Å². The molecule has 20 heavy (non-hydrogen) atoms. The van der Waals surface area contributed by atoms with Crippen molar-refractivity contribution in [3.63, 3.8) is 0 Å². The summed E-state index contributed by atoms with van der Waals surface area (Å²) in [7, 11) is 0. The second-order valence-corrected chi connectivity index (χ2v) is 8.80. The quantitative estimate of drug-likeness (QED) is 0.758. The van der Waals surface area contributed by atoms with Crippen LogP contribution >= 0.6 is 27.3 Å². The van der Waals surface area contributed by atoms with Crippen LogP contribution in [0.3, 0.4) is 0 Å². The molecular formula is C17H26BrNS. The fraction of sp³-hybridized carbons (Fsp3) is 0.765. The van der Waals surface area contributed by atoms with Crippen LogP contribution < -0.4 is 5.73 Å². The fourth-order valence-corrected chi connectivity index (χ4v) is 6.11. The lowest BCUT2D eigenvalue weighted by atomic mass is 9.63. The third-order valence-corrected chi connectivity index (χ3v) is 7.19. The van der Waals surface area contributed by atoms with Crippen molar-refractivity contribution in [2.24, 2.45) is 17.6 Å². The number of halogens is 1. The van der Waals surface area contributed by atoms with Gasteiger partial charge in [0.05, 0.1) is 0 Å². The van der Waals surface area contributed by atoms with E-state index in [4.69, 9.17) is 5.73 Å². The van der Waals surface area contributed by atoms with Crippen molar-refractivity contribution in [3.8, 4) is 0 Å². The van der Waals surface area contributed by atoms with E-state index in [1.165, 1.54) is 67.1 Å². The molecule has 1 nitrogen and oxygen atoms in total. The number of nitrogens with two attached hydrogens (primary N) is 1. The van der Waals surface area contributed by atoms with Crippen LogP contribution in [-0.2, 0) is 6.42 Å². The van der Waals surface area contributed by atoms with Gasteiger partial charge in [-0.15, -0.1) is 11.3 Å². The molecule has 0 bridgehead atoms. The molecule has 1 aromatic heterocycles. The van der Waals surface area contributed by atoms with Gasteiger partial charge in [-0.1, -0.05) is 44.9 Å². The molecule has 0 aromatic carbocycles. The molecule has 2 fully saturated rings. The first-order valence-electron chi connectivity index (χ1n) is 8.19. The summed E-state index contributed by atoms with van der Waals surface area (Å²) in [5, 5.41) is 2.19. The molecule has 0 aliphatic heterocycles. The van der Waals surface area contributed by atoms with Gasteiger partial charge < -0.3 is 5.73 Å². The smallest absolute Gasteiger partial charge is 0.0285 e. The van der Waals surface area contributed by atoms with Crippen LogP contribution in [0, 0.1) is 11.8 Å². The Labute approximate surface area is 135 Å². The maximum Gasteiger partial charge on any atom is 0.0285 e. The van der Waals surface area contributed by atoms with Crippen molar-refractivity contribution in [1.82, 2.24) is 0 Å². The first kappa shape index (κ1) is 15.1. The molecule has 112 valence electrons. The normalized spacial score (nSPS) is 32.4. The van der Waals surface area contributed by atoms with Crippen LogP contribution in [-0.4, -0.2) is 5.54 Å². The Morgan fingerprint density at radius 3 is 2.60 bits per heavy atom. The summed E-state index contributed by atoms with van der Waals surface area (Å²) < 4.78 is 1.21. The van der Waals surface area contributed by atoms with E-state index in [2.05, 4.69) is 27.4 Å². The zero-order valence-electron chi connectivity index (χ0n) is 12.2. The molecule has 3 rings (SSSR count). The van der Waals surface area contributed by atoms with Crippen molar-refractivity contribution >= 4 is 27.3 Å². The fourth-order valence-electron chi connectivity index (χ4n) is 4.52. The van der Waals surface area contributed by atoms with Gasteiger partial charge in [-0.3, -0.25) is 0 Å². The van der Waals surface area contributed by atoms with E-state index in [1.807, 2.05) is 11.3 Å². The number of hydrogen-bond donors (Lipinski definition) is 1. The molecule has 2 N–H and O–H groups in total. The molecule has 2 unspecified atom stereocenters. The van der Waals surface area contributed by atoms with Gasteiger partial charge in [0.15, 0.2) is 0 Å². The summed E-state index contributed by atoms with van der Waals surface area (Å²) in [6.45, 7) is 0. The number of hydrogen-bond acceptors (Lipinski definition) is 2. The van der Waals surface area contributed by atoms with Gasteiger partial charge in [0.1, 0.15) is 0 Å². The van der Waals surface area contributed by atoms with E-state index in [0.29, 0.717) is 0 Å². The molecule has 2 atom stereocenters. The Morgan fingerprint density at radius 1 is 1.15 bits per heavy atom. The molecule has 0 radical (unpaired) electrons. The summed E-state index contributed by atoms with van der Waals surface area (Å²) >= 11 is 5.44. The first-order chi connectivity index (χ1) is 9.67. The zero-order valence-corrected chi connectivity index (χ0v) is 14.6. The highest BCUT2D eigenvalue weighted by molar-refractivity contribution is 9.10. The van der Waals surface area contributed by atoms with Gasteiger partial charge in [0, 0.05) is 26.7 Å². The summed E-state index contributed by atoms with van der Waals surface area (Å²) in [4.78, 5) is 1.46. The zero-order chi connectivity index (χ0) is 14.0. The minimum absolute atomic E-state index is 0.0601. The van der Waals surface area contributed by atoms with E-state index in [9.17, 15) is 0 Å². The summed E-state index contributed by atoms with van der Waals surface area (Å²) in [5.74, 6) is 1.66. The first-order valence-corrected chi connectivity index (χ1v) is 9.86. The molecule has 1 heterocycles. The highest BCUT2D eigenvalue weighted by atomic mass is 79.9. The van der Waals surface area contributed by atoms with Crippen LogP contribution in [0.1, 0.15) is 62.7 Å². The Bertz CT molecular complexity index is 438. The topological polar surface area (TPSA) is 26.0 Å². The standard InChI is InChI=1S/C17H26BrNS/c18-14-10-15(20-12-14)11-17(19)9-5-4-8-16(17)13-6-2-1-3-7-13/h10,12-13,16H,1-9,11,19H2. The molecule has 0 spiro atoms. The summed E-state index contributed by atoms with van der Waals surface area (Å²) in [5.41, 5.74) is 7.03. The van der Waals surface area contributed by atoms with Crippen LogP contribution in [0.4, 0.5) is 0 Å². The Morgan fingerprint density at radius 2 is 1.90 bits per heavy atom. The molecule has 0 saturated heterocycles. The van der Waals surface area contributed by atoms with Crippen molar-refractivity contribution in [1.29, 1.82) is 0 Å². The van der Waals surface area contributed by atoms with E-state index in [1.54, 1.807) is 0 Å². The monoisotopic (exact) mass is 355 g/mol. The van der Waals surface area contributed by atoms with E-state index < -0.39 is 0 Å². The predicted molar refractivity (Wildman–Crippen MR) is 91.2 cm³/mol. The van der Waals surface area contributed by atoms with E-state index >= 15 is 0 Å². The third kappa shape index (κ3) is 3.31. The average molecular weight is 356 g/mol. The second kappa shape index (κ2) is 6.50. The largest absolute Gasteiger partial charge is 0.325 e. The van der Waals surface area contributed by atoms with Crippen LogP contribution in [0.2, 0.25) is 0 Å². The molecule has 1 aromatic rings. The molecule has 2 aliphatic rings. The number of thiophene rings is 1. The van der Waals surface area contributed by atoms with Crippen LogP contribution in [0.15, 0.2) is 15.9 Å². The maximum atomic E-state index is 6.97. The molecule has 2 aliphatic carbocycles. The van der Waals surface area contributed by atoms with Crippen molar-refractivity contribution in [2.75, 3.05) is 0 Å². The van der Waals surface area contributed by atoms with Crippen LogP contribution in [0.25, 0.3) is 0 Å². The van der Waals surface area contributed by atoms with Gasteiger partial charge >= 0.3 is 0 Å². The molecule has 2 saturated carbocycles. The van der Waals surface area contributed by atoms with Crippen molar-refractivity contribution in [3.05, 3.63) is 20.8 Å². The number of rotatable bonds is 3. The van der Waals surface area contributed by atoms with Crippen molar-refractivity contribution in [2.45, 2.75) is 69.7 Å². The Balaban J connectivity index is 1.75. The van der Waals surface area contributed by atoms with E-state index in [-0.39, 0.29) is 5.54 Å². The SMILES string of the molecule is NC1(Cc2cc(Br)cs2)CCCCC1C1CCCCC1. The van der Waals surface area contributed by atoms with E-state index in [0.717, 1.165) is 18.3 Å². The van der Waals surface area contributed by atoms with Gasteiger partial charge in [0.2, 0.25) is 0 Å². The second-order valence-electron chi connectivity index (χ2n) is 6.89. The molecule has 3 heteroatoms. The summed E-state index contributed by atoms with van der Waals surface area (Å²) in [6, 6.07) is 2.27. The Hall–Kier alpha value is 0.140. The highest BCUT2D eigenvalue weighted by Gasteiger charge is 2.41. The molecule has 0 amide bonds. The van der Waals surface area contributed by atoms with Crippen molar-refractivity contribution < 1.29 is 0 Å². The third-order valence-electron chi connectivity index (χ3n) is 5.49.